The molecule has 0 bridgehead atoms. The molecule has 0 atom stereocenters. The second kappa shape index (κ2) is 11.1. The van der Waals surface area contributed by atoms with Crippen molar-refractivity contribution in [2.75, 3.05) is 44.2 Å². The van der Waals surface area contributed by atoms with Gasteiger partial charge in [0.1, 0.15) is 5.82 Å². The van der Waals surface area contributed by atoms with E-state index >= 15 is 0 Å². The molecule has 2 aliphatic rings. The molecule has 2 N–H and O–H groups in total. The Morgan fingerprint density at radius 3 is 2.81 bits per heavy atom. The highest BCUT2D eigenvalue weighted by molar-refractivity contribution is 5.84. The van der Waals surface area contributed by atoms with Crippen LogP contribution in [0.2, 0.25) is 0 Å². The highest BCUT2D eigenvalue weighted by atomic mass is 19.1. The van der Waals surface area contributed by atoms with Gasteiger partial charge in [-0.2, -0.15) is 0 Å². The van der Waals surface area contributed by atoms with Crippen LogP contribution < -0.4 is 10.2 Å². The maximum atomic E-state index is 14.2. The molecule has 0 spiro atoms. The first kappa shape index (κ1) is 23.1. The minimum absolute atomic E-state index is 0.192. The van der Waals surface area contributed by atoms with Crippen molar-refractivity contribution < 1.29 is 14.3 Å². The van der Waals surface area contributed by atoms with Crippen LogP contribution in [0.3, 0.4) is 0 Å². The number of halogens is 1. The summed E-state index contributed by atoms with van der Waals surface area (Å²) in [5.41, 5.74) is 6.08. The van der Waals surface area contributed by atoms with Gasteiger partial charge in [-0.25, -0.2) is 4.39 Å². The van der Waals surface area contributed by atoms with Gasteiger partial charge in [0.05, 0.1) is 0 Å². The van der Waals surface area contributed by atoms with Crippen molar-refractivity contribution >= 4 is 17.2 Å². The fraction of sp³-hybridized carbons (Fsp3) is 0.480. The number of nitrogens with one attached hydrogen (secondary N) is 1. The van der Waals surface area contributed by atoms with Crippen molar-refractivity contribution in [3.05, 3.63) is 59.1 Å². The maximum absolute atomic E-state index is 14.2. The van der Waals surface area contributed by atoms with Gasteiger partial charge in [0, 0.05) is 50.4 Å². The third kappa shape index (κ3) is 6.20. The molecule has 0 radical (unpaired) electrons. The number of benzene rings is 1. The molecule has 168 valence electrons. The molecule has 3 rings (SSSR count). The monoisotopic (exact) mass is 427 g/mol. The lowest BCUT2D eigenvalue weighted by Crippen LogP contribution is -2.39. The molecule has 1 aromatic rings. The first-order chi connectivity index (χ1) is 15.0. The Morgan fingerprint density at radius 1 is 1.23 bits per heavy atom. The SMILES string of the molecule is C/C=C\NC/C(=C\C)CCN1CC2=C(CN(CCCC(=O)O)CC2)c2cc(F)ccc21. The Morgan fingerprint density at radius 2 is 2.06 bits per heavy atom. The molecule has 0 aromatic heterocycles. The van der Waals surface area contributed by atoms with E-state index in [9.17, 15) is 9.18 Å². The lowest BCUT2D eigenvalue weighted by Gasteiger charge is -2.40. The van der Waals surface area contributed by atoms with Gasteiger partial charge in [-0.1, -0.05) is 17.7 Å². The van der Waals surface area contributed by atoms with E-state index in [0.29, 0.717) is 6.42 Å². The molecular weight excluding hydrogens is 393 g/mol. The highest BCUT2D eigenvalue weighted by Gasteiger charge is 2.28. The van der Waals surface area contributed by atoms with E-state index in [1.165, 1.54) is 16.7 Å². The van der Waals surface area contributed by atoms with E-state index in [1.54, 1.807) is 12.1 Å². The topological polar surface area (TPSA) is 55.8 Å². The van der Waals surface area contributed by atoms with Crippen LogP contribution in [0.15, 0.2) is 47.7 Å². The summed E-state index contributed by atoms with van der Waals surface area (Å²) in [4.78, 5) is 15.5. The predicted octanol–water partition coefficient (Wildman–Crippen LogP) is 4.43. The smallest absolute Gasteiger partial charge is 0.303 e. The fourth-order valence-electron chi connectivity index (χ4n) is 4.42. The largest absolute Gasteiger partial charge is 0.481 e. The van der Waals surface area contributed by atoms with Gasteiger partial charge in [-0.15, -0.1) is 0 Å². The summed E-state index contributed by atoms with van der Waals surface area (Å²) in [7, 11) is 0. The van der Waals surface area contributed by atoms with Crippen LogP contribution in [0.1, 0.15) is 45.1 Å². The third-order valence-corrected chi connectivity index (χ3v) is 6.13. The quantitative estimate of drug-likeness (QED) is 0.541. The zero-order valence-electron chi connectivity index (χ0n) is 18.7. The van der Waals surface area contributed by atoms with Gasteiger partial charge in [-0.05, 0) is 75.2 Å². The first-order valence-corrected chi connectivity index (χ1v) is 11.2. The van der Waals surface area contributed by atoms with Crippen LogP contribution in [0.25, 0.3) is 5.57 Å². The van der Waals surface area contributed by atoms with Crippen LogP contribution in [0.4, 0.5) is 10.1 Å². The molecule has 1 aromatic carbocycles. The normalized spacial score (nSPS) is 17.1. The molecule has 0 saturated heterocycles. The van der Waals surface area contributed by atoms with Crippen molar-refractivity contribution in [2.45, 2.75) is 39.5 Å². The Hall–Kier alpha value is -2.60. The summed E-state index contributed by atoms with van der Waals surface area (Å²) in [5, 5.41) is 12.2. The van der Waals surface area contributed by atoms with Gasteiger partial charge in [0.25, 0.3) is 0 Å². The van der Waals surface area contributed by atoms with E-state index in [-0.39, 0.29) is 12.2 Å². The molecular formula is C25H34FN3O2. The van der Waals surface area contributed by atoms with Crippen molar-refractivity contribution in [3.63, 3.8) is 0 Å². The molecule has 2 heterocycles. The van der Waals surface area contributed by atoms with Crippen molar-refractivity contribution in [2.24, 2.45) is 0 Å². The Bertz CT molecular complexity index is 876. The zero-order chi connectivity index (χ0) is 22.2. The number of carbonyl (C=O) groups is 1. The minimum atomic E-state index is -0.751. The van der Waals surface area contributed by atoms with Gasteiger partial charge >= 0.3 is 5.97 Å². The number of nitrogens with zero attached hydrogens (tertiary/aromatic N) is 2. The standard InChI is InChI=1S/C25H34FN3O2/c1-3-11-27-16-19(4-2)9-14-29-17-20-10-13-28(12-5-6-25(30)31)18-23(20)22-15-21(26)7-8-24(22)29/h3-4,7-8,11,15,27H,5-6,9-10,12-14,16-18H2,1-2H3,(H,30,31)/b11-3-,19-4-. The van der Waals surface area contributed by atoms with E-state index in [1.807, 2.05) is 25.3 Å². The number of fused-ring (bicyclic) bond motifs is 2. The summed E-state index contributed by atoms with van der Waals surface area (Å²) in [6, 6.07) is 5.13. The second-order valence-corrected chi connectivity index (χ2v) is 8.27. The van der Waals surface area contributed by atoms with Crippen molar-refractivity contribution in [3.8, 4) is 0 Å². The van der Waals surface area contributed by atoms with Gasteiger partial charge in [0.2, 0.25) is 0 Å². The molecule has 0 aliphatic carbocycles. The predicted molar refractivity (Wildman–Crippen MR) is 125 cm³/mol. The van der Waals surface area contributed by atoms with E-state index in [2.05, 4.69) is 28.1 Å². The molecule has 31 heavy (non-hydrogen) atoms. The summed E-state index contributed by atoms with van der Waals surface area (Å²) in [5.74, 6) is -0.959. The van der Waals surface area contributed by atoms with Crippen LogP contribution >= 0.6 is 0 Å². The van der Waals surface area contributed by atoms with Crippen LogP contribution in [0, 0.1) is 5.82 Å². The van der Waals surface area contributed by atoms with Gasteiger partial charge in [0.15, 0.2) is 0 Å². The Labute approximate surface area is 184 Å². The molecule has 0 amide bonds. The average Bonchev–Trinajstić information content (AvgIpc) is 2.75. The van der Waals surface area contributed by atoms with Crippen LogP contribution in [-0.2, 0) is 4.79 Å². The van der Waals surface area contributed by atoms with E-state index in [4.69, 9.17) is 5.11 Å². The Kier molecular flexibility index (Phi) is 8.29. The average molecular weight is 428 g/mol. The first-order valence-electron chi connectivity index (χ1n) is 11.2. The number of carboxylic acids is 1. The zero-order valence-corrected chi connectivity index (χ0v) is 18.7. The van der Waals surface area contributed by atoms with Crippen molar-refractivity contribution in [1.82, 2.24) is 10.2 Å². The van der Waals surface area contributed by atoms with E-state index in [0.717, 1.165) is 63.4 Å². The summed E-state index contributed by atoms with van der Waals surface area (Å²) in [6.07, 6.45) is 8.88. The van der Waals surface area contributed by atoms with Gasteiger partial charge in [-0.3, -0.25) is 9.69 Å². The summed E-state index contributed by atoms with van der Waals surface area (Å²) in [6.45, 7) is 9.16. The number of aliphatic carboxylic acids is 1. The van der Waals surface area contributed by atoms with E-state index < -0.39 is 5.97 Å². The molecule has 2 aliphatic heterocycles. The number of rotatable bonds is 10. The summed E-state index contributed by atoms with van der Waals surface area (Å²) >= 11 is 0. The van der Waals surface area contributed by atoms with Crippen LogP contribution in [-0.4, -0.2) is 55.2 Å². The molecule has 6 heteroatoms. The number of allylic oxidation sites excluding steroid dienone is 2. The minimum Gasteiger partial charge on any atom is -0.481 e. The third-order valence-electron chi connectivity index (χ3n) is 6.13. The second-order valence-electron chi connectivity index (χ2n) is 8.27. The van der Waals surface area contributed by atoms with Crippen LogP contribution in [0.5, 0.6) is 0 Å². The van der Waals surface area contributed by atoms with Crippen molar-refractivity contribution in [1.29, 1.82) is 0 Å². The molecule has 0 fully saturated rings. The summed E-state index contributed by atoms with van der Waals surface area (Å²) < 4.78 is 14.2. The molecule has 0 saturated carbocycles. The molecule has 5 nitrogen and oxygen atoms in total. The number of hydrogen-bond donors (Lipinski definition) is 2. The maximum Gasteiger partial charge on any atom is 0.303 e. The van der Waals surface area contributed by atoms with Gasteiger partial charge < -0.3 is 15.3 Å². The number of carboxylic acid groups (broad SMARTS) is 1. The highest BCUT2D eigenvalue weighted by Crippen LogP contribution is 2.39. The number of hydrogen-bond acceptors (Lipinski definition) is 4. The molecule has 0 unspecified atom stereocenters. The Balaban J connectivity index is 1.72. The fourth-order valence-corrected chi connectivity index (χ4v) is 4.42. The number of anilines is 1. The lowest BCUT2D eigenvalue weighted by atomic mass is 9.88. The lowest BCUT2D eigenvalue weighted by molar-refractivity contribution is -0.137.